The molecule has 3 heteroatoms. The van der Waals surface area contributed by atoms with Crippen molar-refractivity contribution in [1.29, 1.82) is 0 Å². The van der Waals surface area contributed by atoms with E-state index in [1.54, 1.807) is 11.3 Å². The fourth-order valence-electron chi connectivity index (χ4n) is 7.98. The van der Waals surface area contributed by atoms with Gasteiger partial charge in [0.25, 0.3) is 0 Å². The molecule has 0 fully saturated rings. The molecule has 0 saturated carbocycles. The number of fused-ring (bicyclic) bond motifs is 3. The van der Waals surface area contributed by atoms with Gasteiger partial charge in [0, 0.05) is 15.8 Å². The summed E-state index contributed by atoms with van der Waals surface area (Å²) in [6.07, 6.45) is 0. The quantitative estimate of drug-likeness (QED) is 0.180. The Morgan fingerprint density at radius 3 is 1.57 bits per heavy atom. The van der Waals surface area contributed by atoms with E-state index in [9.17, 15) is 0 Å². The minimum atomic E-state index is 0.731. The summed E-state index contributed by atoms with van der Waals surface area (Å²) >= 11 is 1.78. The van der Waals surface area contributed by atoms with Gasteiger partial charge in [-0.25, -0.2) is 9.97 Å². The topological polar surface area (TPSA) is 25.8 Å². The lowest BCUT2D eigenvalue weighted by Crippen LogP contribution is -1.95. The molecule has 0 N–H and O–H groups in total. The molecule has 9 aromatic carbocycles. The molecule has 0 atom stereocenters. The summed E-state index contributed by atoms with van der Waals surface area (Å²) in [6, 6.07) is 57.4. The number of thiophene rings is 1. The lowest BCUT2D eigenvalue weighted by molar-refractivity contribution is 1.19. The van der Waals surface area contributed by atoms with E-state index in [4.69, 9.17) is 9.97 Å². The first-order chi connectivity index (χ1) is 24.3. The van der Waals surface area contributed by atoms with Crippen molar-refractivity contribution in [3.63, 3.8) is 0 Å². The summed E-state index contributed by atoms with van der Waals surface area (Å²) < 4.78 is 1.26. The maximum atomic E-state index is 5.27. The minimum Gasteiger partial charge on any atom is -0.228 e. The first-order valence-electron chi connectivity index (χ1n) is 16.7. The van der Waals surface area contributed by atoms with Gasteiger partial charge in [0.2, 0.25) is 0 Å². The van der Waals surface area contributed by atoms with Crippen LogP contribution < -0.4 is 0 Å². The van der Waals surface area contributed by atoms with Gasteiger partial charge >= 0.3 is 0 Å². The second-order valence-electron chi connectivity index (χ2n) is 12.9. The number of benzene rings is 8. The van der Waals surface area contributed by atoms with E-state index < -0.39 is 0 Å². The van der Waals surface area contributed by atoms with Crippen molar-refractivity contribution in [3.05, 3.63) is 158 Å². The van der Waals surface area contributed by atoms with Crippen LogP contribution in [0.3, 0.4) is 0 Å². The van der Waals surface area contributed by atoms with Crippen molar-refractivity contribution in [1.82, 2.24) is 9.97 Å². The highest BCUT2D eigenvalue weighted by atomic mass is 32.1. The Morgan fingerprint density at radius 2 is 0.898 bits per heavy atom. The molecular weight excluding hydrogens is 613 g/mol. The van der Waals surface area contributed by atoms with E-state index in [2.05, 4.69) is 152 Å². The van der Waals surface area contributed by atoms with Crippen molar-refractivity contribution >= 4 is 86.1 Å². The molecule has 0 aliphatic heterocycles. The SMILES string of the molecule is c1ccc(-c2nc(-c3cc4ccc5cccc6c7cccc8ccc9cccc(c(c3)c4c56)c9c87)cc(-c3cc4ccccc4s3)n2)cc1. The van der Waals surface area contributed by atoms with Crippen LogP contribution >= 0.6 is 11.3 Å². The summed E-state index contributed by atoms with van der Waals surface area (Å²) in [4.78, 5) is 11.6. The average molecular weight is 639 g/mol. The van der Waals surface area contributed by atoms with Gasteiger partial charge in [0.05, 0.1) is 16.3 Å². The van der Waals surface area contributed by atoms with Crippen LogP contribution in [0, 0.1) is 0 Å². The van der Waals surface area contributed by atoms with Crippen LogP contribution in [0.4, 0.5) is 0 Å². The van der Waals surface area contributed by atoms with Crippen LogP contribution in [0.15, 0.2) is 158 Å². The zero-order valence-electron chi connectivity index (χ0n) is 26.3. The normalized spacial score (nSPS) is 12.1. The van der Waals surface area contributed by atoms with Crippen molar-refractivity contribution in [2.45, 2.75) is 0 Å². The van der Waals surface area contributed by atoms with Crippen molar-refractivity contribution in [2.75, 3.05) is 0 Å². The van der Waals surface area contributed by atoms with Gasteiger partial charge in [0.1, 0.15) is 0 Å². The molecular formula is C46H26N2S. The van der Waals surface area contributed by atoms with E-state index in [1.165, 1.54) is 74.7 Å². The molecule has 0 bridgehead atoms. The Morgan fingerprint density at radius 1 is 0.347 bits per heavy atom. The molecule has 11 aromatic rings. The Labute approximate surface area is 285 Å². The third-order valence-electron chi connectivity index (χ3n) is 10.2. The van der Waals surface area contributed by atoms with E-state index in [-0.39, 0.29) is 0 Å². The third kappa shape index (κ3) is 4.00. The number of rotatable bonds is 3. The molecule has 49 heavy (non-hydrogen) atoms. The largest absolute Gasteiger partial charge is 0.228 e. The highest BCUT2D eigenvalue weighted by Crippen LogP contribution is 2.44. The smallest absolute Gasteiger partial charge is 0.160 e. The van der Waals surface area contributed by atoms with Gasteiger partial charge in [0.15, 0.2) is 5.82 Å². The van der Waals surface area contributed by atoms with Crippen molar-refractivity contribution in [3.8, 4) is 33.2 Å². The standard InChI is InChI=1S/C46H26N2S/c1-2-9-30(10-3-1)46-47-38(26-39(48-46)41-25-31-11-4-5-18-40(31)49-41)33-23-32-22-21-29-13-7-16-35-34-15-6-12-27-19-20-28-14-8-17-36(44(28)42(27)34)37(24-33)45(32)43(29)35/h1-26H. The molecule has 2 nitrogen and oxygen atoms in total. The van der Waals surface area contributed by atoms with E-state index in [1.807, 2.05) is 6.07 Å². The number of nitrogens with zero attached hydrogens (tertiary/aromatic N) is 2. The Hall–Kier alpha value is -6.16. The first kappa shape index (κ1) is 26.9. The van der Waals surface area contributed by atoms with Gasteiger partial charge in [-0.15, -0.1) is 11.3 Å². The summed E-state index contributed by atoms with van der Waals surface area (Å²) in [5, 5.41) is 16.5. The molecule has 0 amide bonds. The third-order valence-corrected chi connectivity index (χ3v) is 11.3. The molecule has 2 aromatic heterocycles. The monoisotopic (exact) mass is 638 g/mol. The summed E-state index contributed by atoms with van der Waals surface area (Å²) in [5.74, 6) is 0.731. The fraction of sp³-hybridized carbons (Fsp3) is 0. The van der Waals surface area contributed by atoms with E-state index in [0.717, 1.165) is 33.2 Å². The number of hydrogen-bond acceptors (Lipinski definition) is 3. The second-order valence-corrected chi connectivity index (χ2v) is 14.0. The van der Waals surface area contributed by atoms with E-state index in [0.29, 0.717) is 0 Å². The summed E-state index contributed by atoms with van der Waals surface area (Å²) in [7, 11) is 0. The highest BCUT2D eigenvalue weighted by Gasteiger charge is 2.18. The summed E-state index contributed by atoms with van der Waals surface area (Å²) in [5.41, 5.74) is 3.94. The summed E-state index contributed by atoms with van der Waals surface area (Å²) in [6.45, 7) is 0. The molecule has 0 radical (unpaired) electrons. The van der Waals surface area contributed by atoms with Gasteiger partial charge < -0.3 is 0 Å². The van der Waals surface area contributed by atoms with Crippen LogP contribution in [-0.4, -0.2) is 9.97 Å². The van der Waals surface area contributed by atoms with Crippen LogP contribution in [0.5, 0.6) is 0 Å². The van der Waals surface area contributed by atoms with Gasteiger partial charge in [-0.05, 0) is 100 Å². The zero-order valence-corrected chi connectivity index (χ0v) is 27.1. The average Bonchev–Trinajstić information content (AvgIpc) is 3.61. The second kappa shape index (κ2) is 10.2. The molecule has 0 saturated heterocycles. The molecule has 11 rings (SSSR count). The van der Waals surface area contributed by atoms with Crippen molar-refractivity contribution in [2.24, 2.45) is 0 Å². The van der Waals surface area contributed by atoms with Crippen molar-refractivity contribution < 1.29 is 0 Å². The van der Waals surface area contributed by atoms with Gasteiger partial charge in [-0.3, -0.25) is 0 Å². The zero-order chi connectivity index (χ0) is 32.1. The Balaban J connectivity index is 1.29. The maximum Gasteiger partial charge on any atom is 0.160 e. The van der Waals surface area contributed by atoms with E-state index >= 15 is 0 Å². The van der Waals surface area contributed by atoms with Gasteiger partial charge in [-0.2, -0.15) is 0 Å². The molecule has 0 aliphatic carbocycles. The Kier molecular flexibility index (Phi) is 5.57. The molecule has 0 unspecified atom stereocenters. The predicted octanol–water partition coefficient (Wildman–Crippen LogP) is 13.0. The molecule has 226 valence electrons. The van der Waals surface area contributed by atoms with Gasteiger partial charge in [-0.1, -0.05) is 127 Å². The Bertz CT molecular complexity index is 3060. The van der Waals surface area contributed by atoms with Crippen LogP contribution in [-0.2, 0) is 0 Å². The van der Waals surface area contributed by atoms with Crippen LogP contribution in [0.25, 0.3) is 108 Å². The maximum absolute atomic E-state index is 5.27. The number of hydrogen-bond donors (Lipinski definition) is 0. The molecule has 2 heterocycles. The molecule has 0 aliphatic rings. The lowest BCUT2D eigenvalue weighted by atomic mass is 9.87. The highest BCUT2D eigenvalue weighted by molar-refractivity contribution is 7.22. The van der Waals surface area contributed by atoms with Crippen LogP contribution in [0.2, 0.25) is 0 Å². The first-order valence-corrected chi connectivity index (χ1v) is 17.5. The number of aromatic nitrogens is 2. The predicted molar refractivity (Wildman–Crippen MR) is 210 cm³/mol. The lowest BCUT2D eigenvalue weighted by Gasteiger charge is -2.17. The van der Waals surface area contributed by atoms with Crippen LogP contribution in [0.1, 0.15) is 0 Å². The minimum absolute atomic E-state index is 0.731. The molecule has 0 spiro atoms. The fourth-order valence-corrected chi connectivity index (χ4v) is 9.00.